The van der Waals surface area contributed by atoms with Gasteiger partial charge in [0.05, 0.1) is 12.6 Å². The van der Waals surface area contributed by atoms with Crippen LogP contribution < -0.4 is 16.0 Å². The van der Waals surface area contributed by atoms with Gasteiger partial charge in [0.1, 0.15) is 6.61 Å². The van der Waals surface area contributed by atoms with Gasteiger partial charge in [-0.15, -0.1) is 0 Å². The molecule has 170 valence electrons. The van der Waals surface area contributed by atoms with Crippen LogP contribution in [0.2, 0.25) is 0 Å². The normalized spacial score (nSPS) is 11.5. The van der Waals surface area contributed by atoms with Crippen LogP contribution in [-0.4, -0.2) is 41.8 Å². The van der Waals surface area contributed by atoms with Crippen molar-refractivity contribution >= 4 is 34.3 Å². The first-order chi connectivity index (χ1) is 15.9. The van der Waals surface area contributed by atoms with E-state index in [-0.39, 0.29) is 18.5 Å². The number of carbonyl (C=O) groups excluding carboxylic acids is 4. The zero-order valence-corrected chi connectivity index (χ0v) is 18.1. The number of rotatable bonds is 8. The van der Waals surface area contributed by atoms with E-state index in [4.69, 9.17) is 5.11 Å². The molecule has 0 unspecified atom stereocenters. The second-order valence-corrected chi connectivity index (χ2v) is 7.48. The minimum absolute atomic E-state index is 0.0492. The first-order valence-corrected chi connectivity index (χ1v) is 10.5. The maximum Gasteiger partial charge on any atom is 0.309 e. The van der Waals surface area contributed by atoms with Crippen LogP contribution in [0.5, 0.6) is 0 Å². The summed E-state index contributed by atoms with van der Waals surface area (Å²) in [6, 6.07) is 20.4. The molecule has 0 radical (unpaired) electrons. The molecule has 3 amide bonds. The maximum atomic E-state index is 13.0. The molecule has 8 heteroatoms. The van der Waals surface area contributed by atoms with Crippen molar-refractivity contribution in [3.63, 3.8) is 0 Å². The Morgan fingerprint density at radius 2 is 1.52 bits per heavy atom. The molecular formula is C25H25N3O5. The second kappa shape index (κ2) is 11.0. The minimum atomic E-state index is -0.997. The van der Waals surface area contributed by atoms with Crippen molar-refractivity contribution in [3.05, 3.63) is 83.4 Å². The number of fused-ring (bicyclic) bond motifs is 1. The standard InChI is InChI=1S/C25H25N3O5/c1-16(20-12-6-9-17-7-2-4-10-21(17)20)28-23(31)22-11-5-3-8-18(22)13-26-24(32)25(33)27-14-19(30)15-29/h2-12,16,29H,13-15H2,1H3,(H,26,32)(H,27,33)(H,28,31)/t16-/m1/s1. The quantitative estimate of drug-likeness (QED) is 0.391. The largest absolute Gasteiger partial charge is 0.389 e. The van der Waals surface area contributed by atoms with Crippen LogP contribution in [0.4, 0.5) is 0 Å². The predicted molar refractivity (Wildman–Crippen MR) is 123 cm³/mol. The van der Waals surface area contributed by atoms with E-state index in [0.29, 0.717) is 11.1 Å². The van der Waals surface area contributed by atoms with Crippen molar-refractivity contribution in [2.75, 3.05) is 13.2 Å². The number of aliphatic hydroxyl groups is 1. The average Bonchev–Trinajstić information content (AvgIpc) is 2.85. The lowest BCUT2D eigenvalue weighted by Crippen LogP contribution is -2.42. The Balaban J connectivity index is 1.67. The van der Waals surface area contributed by atoms with Crippen LogP contribution in [-0.2, 0) is 20.9 Å². The molecule has 0 saturated carbocycles. The van der Waals surface area contributed by atoms with Crippen molar-refractivity contribution < 1.29 is 24.3 Å². The highest BCUT2D eigenvalue weighted by Crippen LogP contribution is 2.24. The van der Waals surface area contributed by atoms with Gasteiger partial charge in [-0.25, -0.2) is 0 Å². The van der Waals surface area contributed by atoms with E-state index < -0.39 is 30.7 Å². The highest BCUT2D eigenvalue weighted by Gasteiger charge is 2.18. The first-order valence-electron chi connectivity index (χ1n) is 10.5. The highest BCUT2D eigenvalue weighted by molar-refractivity contribution is 6.35. The van der Waals surface area contributed by atoms with Crippen LogP contribution >= 0.6 is 0 Å². The Morgan fingerprint density at radius 1 is 0.848 bits per heavy atom. The first kappa shape index (κ1) is 23.6. The van der Waals surface area contributed by atoms with Crippen molar-refractivity contribution in [3.8, 4) is 0 Å². The Hall–Kier alpha value is -4.04. The molecular weight excluding hydrogens is 422 g/mol. The van der Waals surface area contributed by atoms with Crippen molar-refractivity contribution in [2.24, 2.45) is 0 Å². The lowest BCUT2D eigenvalue weighted by molar-refractivity contribution is -0.139. The van der Waals surface area contributed by atoms with Gasteiger partial charge in [-0.2, -0.15) is 0 Å². The molecule has 0 fully saturated rings. The second-order valence-electron chi connectivity index (χ2n) is 7.48. The van der Waals surface area contributed by atoms with Crippen molar-refractivity contribution in [1.29, 1.82) is 0 Å². The van der Waals surface area contributed by atoms with E-state index in [2.05, 4.69) is 16.0 Å². The molecule has 0 spiro atoms. The smallest absolute Gasteiger partial charge is 0.309 e. The molecule has 0 aliphatic heterocycles. The molecule has 8 nitrogen and oxygen atoms in total. The summed E-state index contributed by atoms with van der Waals surface area (Å²) in [6.07, 6.45) is 0. The molecule has 0 aliphatic carbocycles. The molecule has 1 atom stereocenters. The monoisotopic (exact) mass is 447 g/mol. The summed E-state index contributed by atoms with van der Waals surface area (Å²) < 4.78 is 0. The van der Waals surface area contributed by atoms with Crippen LogP contribution in [0.25, 0.3) is 10.8 Å². The highest BCUT2D eigenvalue weighted by atomic mass is 16.3. The van der Waals surface area contributed by atoms with Crippen LogP contribution in [0.1, 0.15) is 34.5 Å². The molecule has 0 aromatic heterocycles. The third-order valence-electron chi connectivity index (χ3n) is 5.17. The topological polar surface area (TPSA) is 125 Å². The van der Waals surface area contributed by atoms with Crippen LogP contribution in [0.15, 0.2) is 66.7 Å². The average molecular weight is 447 g/mol. The third-order valence-corrected chi connectivity index (χ3v) is 5.17. The summed E-state index contributed by atoms with van der Waals surface area (Å²) in [5.74, 6) is -2.86. The van der Waals surface area contributed by atoms with Gasteiger partial charge in [0, 0.05) is 12.1 Å². The molecule has 0 saturated heterocycles. The summed E-state index contributed by atoms with van der Waals surface area (Å²) in [7, 11) is 0. The summed E-state index contributed by atoms with van der Waals surface area (Å²) in [5.41, 5.74) is 1.90. The number of nitrogens with one attached hydrogen (secondary N) is 3. The molecule has 3 aromatic rings. The molecule has 0 heterocycles. The van der Waals surface area contributed by atoms with Gasteiger partial charge in [-0.3, -0.25) is 19.2 Å². The molecule has 0 aliphatic rings. The van der Waals surface area contributed by atoms with Gasteiger partial charge in [0.15, 0.2) is 5.78 Å². The summed E-state index contributed by atoms with van der Waals surface area (Å²) in [4.78, 5) is 47.8. The van der Waals surface area contributed by atoms with Crippen LogP contribution in [0.3, 0.4) is 0 Å². The number of Topliss-reactive ketones (excluding diaryl/α,β-unsaturated/α-hetero) is 1. The zero-order chi connectivity index (χ0) is 23.8. The number of aliphatic hydroxyl groups excluding tert-OH is 1. The third kappa shape index (κ3) is 6.02. The number of amides is 3. The molecule has 3 rings (SSSR count). The molecule has 4 N–H and O–H groups in total. The number of carbonyl (C=O) groups is 4. The van der Waals surface area contributed by atoms with Crippen molar-refractivity contribution in [1.82, 2.24) is 16.0 Å². The fraction of sp³-hybridized carbons (Fsp3) is 0.200. The van der Waals surface area contributed by atoms with E-state index >= 15 is 0 Å². The van der Waals surface area contributed by atoms with E-state index in [1.807, 2.05) is 49.4 Å². The van der Waals surface area contributed by atoms with Gasteiger partial charge in [-0.05, 0) is 34.9 Å². The number of ketones is 1. The van der Waals surface area contributed by atoms with Gasteiger partial charge >= 0.3 is 11.8 Å². The lowest BCUT2D eigenvalue weighted by Gasteiger charge is -2.18. The van der Waals surface area contributed by atoms with Crippen LogP contribution in [0, 0.1) is 0 Å². The van der Waals surface area contributed by atoms with E-state index in [0.717, 1.165) is 16.3 Å². The Kier molecular flexibility index (Phi) is 7.88. The minimum Gasteiger partial charge on any atom is -0.389 e. The Morgan fingerprint density at radius 3 is 2.30 bits per heavy atom. The fourth-order valence-corrected chi connectivity index (χ4v) is 3.45. The zero-order valence-electron chi connectivity index (χ0n) is 18.1. The summed E-state index contributed by atoms with van der Waals surface area (Å²) in [5, 5.41) is 18.4. The fourth-order valence-electron chi connectivity index (χ4n) is 3.45. The number of hydrogen-bond acceptors (Lipinski definition) is 5. The summed E-state index contributed by atoms with van der Waals surface area (Å²) >= 11 is 0. The maximum absolute atomic E-state index is 13.0. The summed E-state index contributed by atoms with van der Waals surface area (Å²) in [6.45, 7) is 0.698. The van der Waals surface area contributed by atoms with E-state index in [1.165, 1.54) is 0 Å². The SMILES string of the molecule is C[C@@H](NC(=O)c1ccccc1CNC(=O)C(=O)NCC(=O)CO)c1cccc2ccccc12. The molecule has 0 bridgehead atoms. The number of benzene rings is 3. The van der Waals surface area contributed by atoms with Gasteiger partial charge < -0.3 is 21.1 Å². The van der Waals surface area contributed by atoms with Crippen molar-refractivity contribution in [2.45, 2.75) is 19.5 Å². The molecule has 33 heavy (non-hydrogen) atoms. The van der Waals surface area contributed by atoms with E-state index in [1.54, 1.807) is 24.3 Å². The molecule has 3 aromatic carbocycles. The van der Waals surface area contributed by atoms with E-state index in [9.17, 15) is 19.2 Å². The number of hydrogen-bond donors (Lipinski definition) is 4. The van der Waals surface area contributed by atoms with Gasteiger partial charge in [-0.1, -0.05) is 60.7 Å². The Bertz CT molecular complexity index is 1190. The van der Waals surface area contributed by atoms with Gasteiger partial charge in [0.25, 0.3) is 5.91 Å². The lowest BCUT2D eigenvalue weighted by atomic mass is 9.99. The Labute approximate surface area is 191 Å². The predicted octanol–water partition coefficient (Wildman–Crippen LogP) is 1.62. The van der Waals surface area contributed by atoms with Gasteiger partial charge in [0.2, 0.25) is 0 Å².